The van der Waals surface area contributed by atoms with Gasteiger partial charge in [0.05, 0.1) is 9.85 Å². The van der Waals surface area contributed by atoms with Gasteiger partial charge in [-0.2, -0.15) is 0 Å². The van der Waals surface area contributed by atoms with Crippen LogP contribution in [-0.4, -0.2) is 9.85 Å². The maximum Gasteiger partial charge on any atom is 0.286 e. The number of nitrogens with zero attached hydrogens (tertiary/aromatic N) is 2. The SMILES string of the molecule is C=Cc1c([N+](=O)[O-])cc(C(C)C)c(C)c1[N+](=O)[O-]. The molecule has 0 heterocycles. The molecule has 0 aliphatic rings. The first kappa shape index (κ1) is 13.8. The lowest BCUT2D eigenvalue weighted by atomic mass is 9.93. The van der Waals surface area contributed by atoms with Crippen molar-refractivity contribution in [2.45, 2.75) is 26.7 Å². The van der Waals surface area contributed by atoms with Crippen LogP contribution in [0.5, 0.6) is 0 Å². The van der Waals surface area contributed by atoms with Crippen LogP contribution in [0, 0.1) is 27.2 Å². The standard InChI is InChI=1S/C12H14N2O4/c1-5-9-11(13(15)16)6-10(7(2)3)8(4)12(9)14(17)18/h5-7H,1H2,2-4H3. The van der Waals surface area contributed by atoms with Gasteiger partial charge < -0.3 is 0 Å². The molecule has 96 valence electrons. The van der Waals surface area contributed by atoms with Crippen molar-refractivity contribution >= 4 is 17.5 Å². The van der Waals surface area contributed by atoms with Crippen molar-refractivity contribution in [2.75, 3.05) is 0 Å². The van der Waals surface area contributed by atoms with Crippen LogP contribution in [0.3, 0.4) is 0 Å². The van der Waals surface area contributed by atoms with Gasteiger partial charge in [0.15, 0.2) is 0 Å². The Kier molecular flexibility index (Phi) is 3.80. The molecule has 1 aromatic carbocycles. The van der Waals surface area contributed by atoms with E-state index in [2.05, 4.69) is 6.58 Å². The second-order valence-electron chi connectivity index (χ2n) is 4.25. The molecular formula is C12H14N2O4. The molecule has 0 saturated heterocycles. The Morgan fingerprint density at radius 2 is 1.83 bits per heavy atom. The lowest BCUT2D eigenvalue weighted by molar-refractivity contribution is -0.394. The number of rotatable bonds is 4. The summed E-state index contributed by atoms with van der Waals surface area (Å²) in [5.74, 6) is -0.0266. The van der Waals surface area contributed by atoms with E-state index in [9.17, 15) is 20.2 Å². The molecular weight excluding hydrogens is 236 g/mol. The van der Waals surface area contributed by atoms with E-state index >= 15 is 0 Å². The number of hydrogen-bond acceptors (Lipinski definition) is 4. The highest BCUT2D eigenvalue weighted by molar-refractivity contribution is 5.73. The van der Waals surface area contributed by atoms with Crippen LogP contribution in [0.25, 0.3) is 6.08 Å². The minimum absolute atomic E-state index is 0.0266. The maximum absolute atomic E-state index is 11.1. The van der Waals surface area contributed by atoms with E-state index < -0.39 is 9.85 Å². The topological polar surface area (TPSA) is 86.3 Å². The molecule has 6 heteroatoms. The second-order valence-corrected chi connectivity index (χ2v) is 4.25. The zero-order valence-electron chi connectivity index (χ0n) is 10.5. The van der Waals surface area contributed by atoms with Crippen LogP contribution in [0.15, 0.2) is 12.6 Å². The van der Waals surface area contributed by atoms with Gasteiger partial charge in [0.2, 0.25) is 0 Å². The molecule has 0 aliphatic carbocycles. The molecule has 0 atom stereocenters. The Labute approximate surface area is 104 Å². The fourth-order valence-electron chi connectivity index (χ4n) is 1.98. The number of benzene rings is 1. The van der Waals surface area contributed by atoms with Gasteiger partial charge in [-0.05, 0) is 24.5 Å². The van der Waals surface area contributed by atoms with Gasteiger partial charge in [0.1, 0.15) is 5.56 Å². The first-order chi connectivity index (χ1) is 8.31. The Hall–Kier alpha value is -2.24. The molecule has 0 aliphatic heterocycles. The number of nitro groups is 2. The Balaban J connectivity index is 3.81. The van der Waals surface area contributed by atoms with Crippen molar-refractivity contribution in [2.24, 2.45) is 0 Å². The summed E-state index contributed by atoms with van der Waals surface area (Å²) in [4.78, 5) is 20.9. The van der Waals surface area contributed by atoms with Gasteiger partial charge in [-0.25, -0.2) is 0 Å². The maximum atomic E-state index is 11.1. The van der Waals surface area contributed by atoms with E-state index in [1.54, 1.807) is 6.92 Å². The van der Waals surface area contributed by atoms with E-state index in [1.165, 1.54) is 6.07 Å². The Bertz CT molecular complexity index is 535. The lowest BCUT2D eigenvalue weighted by Crippen LogP contribution is -2.04. The third-order valence-corrected chi connectivity index (χ3v) is 2.82. The first-order valence-electron chi connectivity index (χ1n) is 5.40. The normalized spacial score (nSPS) is 10.4. The van der Waals surface area contributed by atoms with E-state index in [0.717, 1.165) is 6.08 Å². The molecule has 0 fully saturated rings. The fraction of sp³-hybridized carbons (Fsp3) is 0.333. The van der Waals surface area contributed by atoms with Crippen molar-refractivity contribution in [1.29, 1.82) is 0 Å². The minimum atomic E-state index is -0.616. The van der Waals surface area contributed by atoms with E-state index in [-0.39, 0.29) is 22.9 Å². The van der Waals surface area contributed by atoms with Gasteiger partial charge in [-0.15, -0.1) is 0 Å². The van der Waals surface area contributed by atoms with Gasteiger partial charge in [-0.1, -0.05) is 20.4 Å². The second kappa shape index (κ2) is 4.95. The van der Waals surface area contributed by atoms with Crippen molar-refractivity contribution in [3.05, 3.63) is 49.6 Å². The third-order valence-electron chi connectivity index (χ3n) is 2.82. The summed E-state index contributed by atoms with van der Waals surface area (Å²) in [5.41, 5.74) is 0.523. The Morgan fingerprint density at radius 3 is 2.17 bits per heavy atom. The summed E-state index contributed by atoms with van der Waals surface area (Å²) < 4.78 is 0. The van der Waals surface area contributed by atoms with E-state index in [0.29, 0.717) is 11.1 Å². The predicted octanol–water partition coefficient (Wildman–Crippen LogP) is 3.58. The van der Waals surface area contributed by atoms with Gasteiger partial charge in [0, 0.05) is 11.6 Å². The molecule has 6 nitrogen and oxygen atoms in total. The Morgan fingerprint density at radius 1 is 1.28 bits per heavy atom. The minimum Gasteiger partial charge on any atom is -0.258 e. The van der Waals surface area contributed by atoms with E-state index in [1.807, 2.05) is 13.8 Å². The summed E-state index contributed by atoms with van der Waals surface area (Å²) in [6, 6.07) is 1.39. The molecule has 0 aromatic heterocycles. The largest absolute Gasteiger partial charge is 0.286 e. The molecule has 1 aromatic rings. The van der Waals surface area contributed by atoms with Gasteiger partial charge >= 0.3 is 0 Å². The number of hydrogen-bond donors (Lipinski definition) is 0. The first-order valence-corrected chi connectivity index (χ1v) is 5.40. The number of nitro benzene ring substituents is 2. The molecule has 0 spiro atoms. The summed E-state index contributed by atoms with van der Waals surface area (Å²) in [5, 5.41) is 22.1. The van der Waals surface area contributed by atoms with Gasteiger partial charge in [-0.3, -0.25) is 20.2 Å². The lowest BCUT2D eigenvalue weighted by Gasteiger charge is -2.11. The molecule has 1 rings (SSSR count). The highest BCUT2D eigenvalue weighted by Crippen LogP contribution is 2.37. The average molecular weight is 250 g/mol. The molecule has 0 saturated carbocycles. The van der Waals surface area contributed by atoms with Gasteiger partial charge in [0.25, 0.3) is 11.4 Å². The van der Waals surface area contributed by atoms with Crippen molar-refractivity contribution < 1.29 is 9.85 Å². The molecule has 0 unspecified atom stereocenters. The zero-order chi connectivity index (χ0) is 14.0. The summed E-state index contributed by atoms with van der Waals surface area (Å²) >= 11 is 0. The van der Waals surface area contributed by atoms with Crippen LogP contribution in [0.4, 0.5) is 11.4 Å². The zero-order valence-corrected chi connectivity index (χ0v) is 10.5. The predicted molar refractivity (Wildman–Crippen MR) is 68.7 cm³/mol. The molecule has 0 radical (unpaired) electrons. The third kappa shape index (κ3) is 2.22. The molecule has 0 amide bonds. The van der Waals surface area contributed by atoms with Crippen molar-refractivity contribution in [3.8, 4) is 0 Å². The van der Waals surface area contributed by atoms with Crippen LogP contribution >= 0.6 is 0 Å². The monoisotopic (exact) mass is 250 g/mol. The highest BCUT2D eigenvalue weighted by atomic mass is 16.6. The summed E-state index contributed by atoms with van der Waals surface area (Å²) in [6.07, 6.45) is 1.16. The molecule has 0 bridgehead atoms. The van der Waals surface area contributed by atoms with Crippen LogP contribution in [-0.2, 0) is 0 Å². The fourth-order valence-corrected chi connectivity index (χ4v) is 1.98. The van der Waals surface area contributed by atoms with Crippen LogP contribution in [0.2, 0.25) is 0 Å². The molecule has 0 N–H and O–H groups in total. The molecule has 18 heavy (non-hydrogen) atoms. The summed E-state index contributed by atoms with van der Waals surface area (Å²) in [7, 11) is 0. The highest BCUT2D eigenvalue weighted by Gasteiger charge is 2.28. The van der Waals surface area contributed by atoms with Crippen LogP contribution < -0.4 is 0 Å². The van der Waals surface area contributed by atoms with Crippen molar-refractivity contribution in [3.63, 3.8) is 0 Å². The average Bonchev–Trinajstić information content (AvgIpc) is 2.26. The van der Waals surface area contributed by atoms with E-state index in [4.69, 9.17) is 0 Å². The van der Waals surface area contributed by atoms with Crippen molar-refractivity contribution in [1.82, 2.24) is 0 Å². The quantitative estimate of drug-likeness (QED) is 0.603. The van der Waals surface area contributed by atoms with Crippen LogP contribution in [0.1, 0.15) is 36.5 Å². The summed E-state index contributed by atoms with van der Waals surface area (Å²) in [6.45, 7) is 8.70. The smallest absolute Gasteiger partial charge is 0.258 e.